The van der Waals surface area contributed by atoms with Gasteiger partial charge in [-0.25, -0.2) is 9.37 Å². The fraction of sp³-hybridized carbons (Fsp3) is 0.190. The van der Waals surface area contributed by atoms with E-state index in [0.717, 1.165) is 18.4 Å². The SMILES string of the molecule is Cc1cc(=O)[nH]c(-c2cccc(NC(=O)C3(c4ccc(F)cc4)CC3)c2)n1. The molecule has 1 saturated carbocycles. The molecular formula is C21H18FN3O2. The van der Waals surface area contributed by atoms with Crippen molar-refractivity contribution in [3.8, 4) is 11.4 Å². The Balaban J connectivity index is 1.59. The smallest absolute Gasteiger partial charge is 0.251 e. The maximum Gasteiger partial charge on any atom is 0.251 e. The molecule has 0 unspecified atom stereocenters. The van der Waals surface area contributed by atoms with Gasteiger partial charge < -0.3 is 10.3 Å². The highest BCUT2D eigenvalue weighted by Crippen LogP contribution is 2.49. The third kappa shape index (κ3) is 3.38. The summed E-state index contributed by atoms with van der Waals surface area (Å²) < 4.78 is 13.2. The molecule has 0 spiro atoms. The molecule has 6 heteroatoms. The first-order chi connectivity index (χ1) is 13.0. The maximum absolute atomic E-state index is 13.2. The number of aryl methyl sites for hydroxylation is 1. The third-order valence-corrected chi connectivity index (χ3v) is 4.85. The number of anilines is 1. The van der Waals surface area contributed by atoms with Crippen molar-refractivity contribution < 1.29 is 9.18 Å². The Kier molecular flexibility index (Phi) is 4.11. The highest BCUT2D eigenvalue weighted by molar-refractivity contribution is 6.01. The summed E-state index contributed by atoms with van der Waals surface area (Å²) in [4.78, 5) is 31.6. The van der Waals surface area contributed by atoms with E-state index >= 15 is 0 Å². The number of benzene rings is 2. The van der Waals surface area contributed by atoms with Gasteiger partial charge in [0.25, 0.3) is 5.56 Å². The molecule has 0 saturated heterocycles. The van der Waals surface area contributed by atoms with E-state index in [9.17, 15) is 14.0 Å². The van der Waals surface area contributed by atoms with Crippen molar-refractivity contribution >= 4 is 11.6 Å². The standard InChI is InChI=1S/C21H18FN3O2/c1-13-11-18(26)25-19(23-13)14-3-2-4-17(12-14)24-20(27)21(9-10-21)15-5-7-16(22)8-6-15/h2-8,11-12H,9-10H2,1H3,(H,24,27)(H,23,25,26). The molecule has 1 aromatic heterocycles. The summed E-state index contributed by atoms with van der Waals surface area (Å²) >= 11 is 0. The lowest BCUT2D eigenvalue weighted by atomic mass is 9.95. The Morgan fingerprint density at radius 3 is 2.56 bits per heavy atom. The minimum Gasteiger partial charge on any atom is -0.325 e. The molecule has 1 heterocycles. The number of carbonyl (C=O) groups excluding carboxylic acids is 1. The number of halogens is 1. The Labute approximate surface area is 155 Å². The fourth-order valence-corrected chi connectivity index (χ4v) is 3.25. The molecule has 0 atom stereocenters. The molecule has 136 valence electrons. The number of aromatic nitrogens is 2. The second kappa shape index (κ2) is 6.46. The van der Waals surface area contributed by atoms with Gasteiger partial charge in [-0.2, -0.15) is 0 Å². The number of rotatable bonds is 4. The minimum absolute atomic E-state index is 0.114. The number of carbonyl (C=O) groups is 1. The van der Waals surface area contributed by atoms with Crippen LogP contribution in [0.4, 0.5) is 10.1 Å². The first-order valence-corrected chi connectivity index (χ1v) is 8.72. The quantitative estimate of drug-likeness (QED) is 0.744. The van der Waals surface area contributed by atoms with Gasteiger partial charge in [0.1, 0.15) is 11.6 Å². The average molecular weight is 363 g/mol. The van der Waals surface area contributed by atoms with Crippen molar-refractivity contribution in [2.75, 3.05) is 5.32 Å². The van der Waals surface area contributed by atoms with Gasteiger partial charge in [-0.1, -0.05) is 24.3 Å². The van der Waals surface area contributed by atoms with Crippen molar-refractivity contribution in [2.24, 2.45) is 0 Å². The lowest BCUT2D eigenvalue weighted by molar-refractivity contribution is -0.118. The van der Waals surface area contributed by atoms with Gasteiger partial charge in [-0.15, -0.1) is 0 Å². The van der Waals surface area contributed by atoms with Crippen LogP contribution >= 0.6 is 0 Å². The second-order valence-electron chi connectivity index (χ2n) is 6.86. The van der Waals surface area contributed by atoms with Crippen LogP contribution in [0.5, 0.6) is 0 Å². The molecule has 4 rings (SSSR count). The largest absolute Gasteiger partial charge is 0.325 e. The molecule has 0 radical (unpaired) electrons. The average Bonchev–Trinajstić information content (AvgIpc) is 3.44. The van der Waals surface area contributed by atoms with Crippen LogP contribution in [0.3, 0.4) is 0 Å². The molecule has 2 aromatic carbocycles. The maximum atomic E-state index is 13.2. The van der Waals surface area contributed by atoms with Gasteiger partial charge in [0.15, 0.2) is 0 Å². The Morgan fingerprint density at radius 2 is 1.89 bits per heavy atom. The zero-order valence-corrected chi connectivity index (χ0v) is 14.8. The van der Waals surface area contributed by atoms with Gasteiger partial charge in [0, 0.05) is 23.0 Å². The number of nitrogens with zero attached hydrogens (tertiary/aromatic N) is 1. The van der Waals surface area contributed by atoms with Crippen LogP contribution in [-0.4, -0.2) is 15.9 Å². The summed E-state index contributed by atoms with van der Waals surface area (Å²) in [7, 11) is 0. The zero-order valence-electron chi connectivity index (χ0n) is 14.8. The number of hydrogen-bond donors (Lipinski definition) is 2. The minimum atomic E-state index is -0.598. The van der Waals surface area contributed by atoms with Crippen LogP contribution in [0.15, 0.2) is 59.4 Å². The lowest BCUT2D eigenvalue weighted by Crippen LogP contribution is -2.27. The van der Waals surface area contributed by atoms with Crippen LogP contribution < -0.4 is 10.9 Å². The van der Waals surface area contributed by atoms with Crippen molar-refractivity contribution in [1.82, 2.24) is 9.97 Å². The number of H-pyrrole nitrogens is 1. The Morgan fingerprint density at radius 1 is 1.15 bits per heavy atom. The van der Waals surface area contributed by atoms with E-state index in [4.69, 9.17) is 0 Å². The molecule has 1 amide bonds. The van der Waals surface area contributed by atoms with Gasteiger partial charge >= 0.3 is 0 Å². The lowest BCUT2D eigenvalue weighted by Gasteiger charge is -2.16. The van der Waals surface area contributed by atoms with Crippen LogP contribution in [0, 0.1) is 12.7 Å². The van der Waals surface area contributed by atoms with E-state index in [1.54, 1.807) is 37.3 Å². The number of hydrogen-bond acceptors (Lipinski definition) is 3. The molecule has 27 heavy (non-hydrogen) atoms. The van der Waals surface area contributed by atoms with Crippen LogP contribution in [0.25, 0.3) is 11.4 Å². The van der Waals surface area contributed by atoms with E-state index in [2.05, 4.69) is 15.3 Å². The molecule has 1 fully saturated rings. The topological polar surface area (TPSA) is 74.8 Å². The predicted octanol–water partition coefficient (Wildman–Crippen LogP) is 3.55. The highest BCUT2D eigenvalue weighted by atomic mass is 19.1. The molecule has 0 bridgehead atoms. The van der Waals surface area contributed by atoms with E-state index in [1.807, 2.05) is 6.07 Å². The molecule has 0 aliphatic heterocycles. The summed E-state index contributed by atoms with van der Waals surface area (Å²) in [6.45, 7) is 1.75. The Bertz CT molecular complexity index is 1070. The number of nitrogens with one attached hydrogen (secondary N) is 2. The monoisotopic (exact) mass is 363 g/mol. The molecule has 3 aromatic rings. The molecule has 1 aliphatic carbocycles. The van der Waals surface area contributed by atoms with Gasteiger partial charge in [0.05, 0.1) is 5.41 Å². The van der Waals surface area contributed by atoms with Crippen molar-refractivity contribution in [2.45, 2.75) is 25.2 Å². The first-order valence-electron chi connectivity index (χ1n) is 8.72. The summed E-state index contributed by atoms with van der Waals surface area (Å²) in [5.74, 6) is 0.0232. The Hall–Kier alpha value is -3.28. The van der Waals surface area contributed by atoms with Gasteiger partial charge in [0.2, 0.25) is 5.91 Å². The van der Waals surface area contributed by atoms with Crippen LogP contribution in [-0.2, 0) is 10.2 Å². The molecule has 2 N–H and O–H groups in total. The molecule has 1 aliphatic rings. The van der Waals surface area contributed by atoms with Crippen molar-refractivity contribution in [3.63, 3.8) is 0 Å². The highest BCUT2D eigenvalue weighted by Gasteiger charge is 2.51. The first kappa shape index (κ1) is 17.1. The summed E-state index contributed by atoms with van der Waals surface area (Å²) in [6, 6.07) is 14.7. The summed E-state index contributed by atoms with van der Waals surface area (Å²) in [6.07, 6.45) is 1.47. The van der Waals surface area contributed by atoms with E-state index in [1.165, 1.54) is 18.2 Å². The predicted molar refractivity (Wildman–Crippen MR) is 101 cm³/mol. The third-order valence-electron chi connectivity index (χ3n) is 4.85. The number of aromatic amines is 1. The van der Waals surface area contributed by atoms with Crippen LogP contribution in [0.2, 0.25) is 0 Å². The summed E-state index contributed by atoms with van der Waals surface area (Å²) in [5, 5.41) is 2.94. The van der Waals surface area contributed by atoms with Gasteiger partial charge in [-0.3, -0.25) is 9.59 Å². The van der Waals surface area contributed by atoms with E-state index in [-0.39, 0.29) is 17.3 Å². The van der Waals surface area contributed by atoms with Gasteiger partial charge in [-0.05, 0) is 49.6 Å². The van der Waals surface area contributed by atoms with Crippen molar-refractivity contribution in [3.05, 3.63) is 82.0 Å². The molecule has 5 nitrogen and oxygen atoms in total. The second-order valence-corrected chi connectivity index (χ2v) is 6.86. The normalized spacial score (nSPS) is 14.6. The van der Waals surface area contributed by atoms with Crippen molar-refractivity contribution in [1.29, 1.82) is 0 Å². The summed E-state index contributed by atoms with van der Waals surface area (Å²) in [5.41, 5.74) is 1.95. The van der Waals surface area contributed by atoms with Crippen LogP contribution in [0.1, 0.15) is 24.1 Å². The fourth-order valence-electron chi connectivity index (χ4n) is 3.25. The molecular weight excluding hydrogens is 345 g/mol. The van der Waals surface area contributed by atoms with E-state index < -0.39 is 5.41 Å². The van der Waals surface area contributed by atoms with E-state index in [0.29, 0.717) is 22.8 Å². The number of amides is 1. The zero-order chi connectivity index (χ0) is 19.0.